The summed E-state index contributed by atoms with van der Waals surface area (Å²) in [7, 11) is 1.60. The van der Waals surface area contributed by atoms with Crippen LogP contribution in [0.5, 0.6) is 5.75 Å². The van der Waals surface area contributed by atoms with Crippen molar-refractivity contribution in [3.63, 3.8) is 0 Å². The van der Waals surface area contributed by atoms with E-state index < -0.39 is 0 Å². The zero-order chi connectivity index (χ0) is 12.7. The molecule has 0 aliphatic heterocycles. The zero-order valence-electron chi connectivity index (χ0n) is 10.3. The maximum Gasteiger partial charge on any atom is 0.227 e. The SMILES string of the molecule is C#CCN(CC)C(=O)Cc1ccccc1OC. The molecule has 0 aliphatic carbocycles. The lowest BCUT2D eigenvalue weighted by Gasteiger charge is -2.18. The number of nitrogens with zero attached hydrogens (tertiary/aromatic N) is 1. The minimum Gasteiger partial charge on any atom is -0.496 e. The Labute approximate surface area is 102 Å². The van der Waals surface area contributed by atoms with Gasteiger partial charge in [0.15, 0.2) is 0 Å². The maximum absolute atomic E-state index is 12.0. The van der Waals surface area contributed by atoms with Crippen molar-refractivity contribution in [2.75, 3.05) is 20.2 Å². The smallest absolute Gasteiger partial charge is 0.227 e. The number of carbonyl (C=O) groups excluding carboxylic acids is 1. The van der Waals surface area contributed by atoms with Crippen molar-refractivity contribution in [2.45, 2.75) is 13.3 Å². The first-order chi connectivity index (χ1) is 8.22. The van der Waals surface area contributed by atoms with E-state index in [1.54, 1.807) is 12.0 Å². The molecule has 0 aromatic heterocycles. The molecule has 3 nitrogen and oxygen atoms in total. The van der Waals surface area contributed by atoms with Crippen LogP contribution in [0.3, 0.4) is 0 Å². The fourth-order valence-electron chi connectivity index (χ4n) is 1.61. The number of carbonyl (C=O) groups is 1. The van der Waals surface area contributed by atoms with Gasteiger partial charge in [-0.25, -0.2) is 0 Å². The second-order valence-corrected chi connectivity index (χ2v) is 3.60. The van der Waals surface area contributed by atoms with E-state index in [-0.39, 0.29) is 5.91 Å². The van der Waals surface area contributed by atoms with Crippen LogP contribution in [-0.4, -0.2) is 31.0 Å². The van der Waals surface area contributed by atoms with Gasteiger partial charge in [0.2, 0.25) is 5.91 Å². The van der Waals surface area contributed by atoms with E-state index in [0.29, 0.717) is 19.5 Å². The number of ether oxygens (including phenoxy) is 1. The minimum absolute atomic E-state index is 0.0231. The molecular formula is C14H17NO2. The molecule has 0 atom stereocenters. The Morgan fingerprint density at radius 1 is 1.47 bits per heavy atom. The number of methoxy groups -OCH3 is 1. The highest BCUT2D eigenvalue weighted by molar-refractivity contribution is 5.79. The summed E-state index contributed by atoms with van der Waals surface area (Å²) in [5.41, 5.74) is 0.885. The van der Waals surface area contributed by atoms with Gasteiger partial charge in [-0.2, -0.15) is 0 Å². The second-order valence-electron chi connectivity index (χ2n) is 3.60. The summed E-state index contributed by atoms with van der Waals surface area (Å²) in [5.74, 6) is 3.24. The lowest BCUT2D eigenvalue weighted by molar-refractivity contribution is -0.129. The molecule has 0 aliphatic rings. The molecule has 0 unspecified atom stereocenters. The van der Waals surface area contributed by atoms with Gasteiger partial charge in [-0.15, -0.1) is 6.42 Å². The molecular weight excluding hydrogens is 214 g/mol. The summed E-state index contributed by atoms with van der Waals surface area (Å²) >= 11 is 0. The fourth-order valence-corrected chi connectivity index (χ4v) is 1.61. The van der Waals surface area contributed by atoms with Crippen LogP contribution in [0.4, 0.5) is 0 Å². The summed E-state index contributed by atoms with van der Waals surface area (Å²) in [6, 6.07) is 7.51. The Balaban J connectivity index is 2.77. The van der Waals surface area contributed by atoms with Crippen LogP contribution in [0.2, 0.25) is 0 Å². The molecule has 90 valence electrons. The van der Waals surface area contributed by atoms with Gasteiger partial charge in [0.1, 0.15) is 5.75 Å². The average Bonchev–Trinajstić information content (AvgIpc) is 2.36. The average molecular weight is 231 g/mol. The van der Waals surface area contributed by atoms with Crippen LogP contribution < -0.4 is 4.74 Å². The van der Waals surface area contributed by atoms with Crippen molar-refractivity contribution in [1.29, 1.82) is 0 Å². The van der Waals surface area contributed by atoms with Gasteiger partial charge in [0.25, 0.3) is 0 Å². The van der Waals surface area contributed by atoms with Gasteiger partial charge in [0.05, 0.1) is 20.1 Å². The molecule has 0 bridgehead atoms. The summed E-state index contributed by atoms with van der Waals surface area (Å²) in [6.45, 7) is 2.89. The maximum atomic E-state index is 12.0. The number of rotatable bonds is 5. The summed E-state index contributed by atoms with van der Waals surface area (Å²) < 4.78 is 5.21. The highest BCUT2D eigenvalue weighted by atomic mass is 16.5. The standard InChI is InChI=1S/C14H17NO2/c1-4-10-15(5-2)14(16)11-12-8-6-7-9-13(12)17-3/h1,6-9H,5,10-11H2,2-3H3. The fraction of sp³-hybridized carbons (Fsp3) is 0.357. The third kappa shape index (κ3) is 3.53. The van der Waals surface area contributed by atoms with Crippen molar-refractivity contribution in [1.82, 2.24) is 4.90 Å². The van der Waals surface area contributed by atoms with Crippen molar-refractivity contribution < 1.29 is 9.53 Å². The molecule has 17 heavy (non-hydrogen) atoms. The Hall–Kier alpha value is -1.95. The Morgan fingerprint density at radius 3 is 2.76 bits per heavy atom. The van der Waals surface area contributed by atoms with Gasteiger partial charge < -0.3 is 9.64 Å². The van der Waals surface area contributed by atoms with E-state index in [1.165, 1.54) is 0 Å². The van der Waals surface area contributed by atoms with Gasteiger partial charge in [-0.1, -0.05) is 24.1 Å². The second kappa shape index (κ2) is 6.59. The number of hydrogen-bond donors (Lipinski definition) is 0. The van der Waals surface area contributed by atoms with E-state index in [9.17, 15) is 4.79 Å². The molecule has 0 saturated heterocycles. The third-order valence-corrected chi connectivity index (χ3v) is 2.55. The molecule has 0 N–H and O–H groups in total. The molecule has 1 aromatic carbocycles. The molecule has 1 rings (SSSR count). The van der Waals surface area contributed by atoms with Crippen LogP contribution >= 0.6 is 0 Å². The van der Waals surface area contributed by atoms with E-state index in [0.717, 1.165) is 11.3 Å². The molecule has 1 aromatic rings. The highest BCUT2D eigenvalue weighted by Crippen LogP contribution is 2.18. The van der Waals surface area contributed by atoms with Gasteiger partial charge in [-0.05, 0) is 13.0 Å². The predicted octanol–water partition coefficient (Wildman–Crippen LogP) is 1.72. The molecule has 0 fully saturated rings. The van der Waals surface area contributed by atoms with E-state index in [1.807, 2.05) is 31.2 Å². The number of terminal acetylenes is 1. The molecule has 1 amide bonds. The van der Waals surface area contributed by atoms with Crippen LogP contribution in [-0.2, 0) is 11.2 Å². The van der Waals surface area contributed by atoms with Crippen LogP contribution in [0.25, 0.3) is 0 Å². The quantitative estimate of drug-likeness (QED) is 0.722. The molecule has 0 saturated carbocycles. The number of para-hydroxylation sites is 1. The van der Waals surface area contributed by atoms with E-state index in [2.05, 4.69) is 5.92 Å². The summed E-state index contributed by atoms with van der Waals surface area (Å²) in [4.78, 5) is 13.6. The molecule has 0 heterocycles. The lowest BCUT2D eigenvalue weighted by Crippen LogP contribution is -2.32. The Kier molecular flexibility index (Phi) is 5.09. The Morgan fingerprint density at radius 2 is 2.18 bits per heavy atom. The zero-order valence-corrected chi connectivity index (χ0v) is 10.3. The topological polar surface area (TPSA) is 29.5 Å². The lowest BCUT2D eigenvalue weighted by atomic mass is 10.1. The predicted molar refractivity (Wildman–Crippen MR) is 67.8 cm³/mol. The molecule has 0 spiro atoms. The van der Waals surface area contributed by atoms with Crippen LogP contribution in [0.15, 0.2) is 24.3 Å². The van der Waals surface area contributed by atoms with Gasteiger partial charge >= 0.3 is 0 Å². The van der Waals surface area contributed by atoms with Crippen molar-refractivity contribution in [3.05, 3.63) is 29.8 Å². The van der Waals surface area contributed by atoms with Gasteiger partial charge in [-0.3, -0.25) is 4.79 Å². The largest absolute Gasteiger partial charge is 0.496 e. The van der Waals surface area contributed by atoms with Gasteiger partial charge in [0, 0.05) is 12.1 Å². The van der Waals surface area contributed by atoms with Crippen molar-refractivity contribution in [3.8, 4) is 18.1 Å². The number of likely N-dealkylation sites (N-methyl/N-ethyl adjacent to an activating group) is 1. The number of benzene rings is 1. The van der Waals surface area contributed by atoms with Crippen LogP contribution in [0, 0.1) is 12.3 Å². The van der Waals surface area contributed by atoms with E-state index in [4.69, 9.17) is 11.2 Å². The Bertz CT molecular complexity index is 420. The minimum atomic E-state index is 0.0231. The van der Waals surface area contributed by atoms with Crippen molar-refractivity contribution in [2.24, 2.45) is 0 Å². The number of hydrogen-bond acceptors (Lipinski definition) is 2. The first-order valence-corrected chi connectivity index (χ1v) is 5.56. The van der Waals surface area contributed by atoms with Crippen molar-refractivity contribution >= 4 is 5.91 Å². The van der Waals surface area contributed by atoms with E-state index >= 15 is 0 Å². The first-order valence-electron chi connectivity index (χ1n) is 5.56. The van der Waals surface area contributed by atoms with Crippen LogP contribution in [0.1, 0.15) is 12.5 Å². The molecule has 0 radical (unpaired) electrons. The first kappa shape index (κ1) is 13.1. The number of amides is 1. The summed E-state index contributed by atoms with van der Waals surface area (Å²) in [5, 5.41) is 0. The third-order valence-electron chi connectivity index (χ3n) is 2.55. The monoisotopic (exact) mass is 231 g/mol. The summed E-state index contributed by atoms with van der Waals surface area (Å²) in [6.07, 6.45) is 5.54. The highest BCUT2D eigenvalue weighted by Gasteiger charge is 2.13. The molecule has 3 heteroatoms. The normalized spacial score (nSPS) is 9.47.